The van der Waals surface area contributed by atoms with Crippen LogP contribution in [0.5, 0.6) is 0 Å². The third-order valence-corrected chi connectivity index (χ3v) is 6.05. The first-order valence-electron chi connectivity index (χ1n) is 10.3. The Labute approximate surface area is 181 Å². The molecule has 1 fully saturated rings. The molecule has 3 aromatic rings. The molecule has 1 amide bonds. The van der Waals surface area contributed by atoms with Crippen LogP contribution in [-0.2, 0) is 11.3 Å². The van der Waals surface area contributed by atoms with Crippen LogP contribution in [0, 0.1) is 13.8 Å². The van der Waals surface area contributed by atoms with E-state index in [1.54, 1.807) is 0 Å². The predicted octanol–water partition coefficient (Wildman–Crippen LogP) is 4.21. The second-order valence-electron chi connectivity index (χ2n) is 7.77. The largest absolute Gasteiger partial charge is 0.325 e. The van der Waals surface area contributed by atoms with Gasteiger partial charge in [0.15, 0.2) is 11.0 Å². The summed E-state index contributed by atoms with van der Waals surface area (Å²) in [4.78, 5) is 15.0. The van der Waals surface area contributed by atoms with Crippen molar-refractivity contribution in [2.45, 2.75) is 38.4 Å². The molecule has 1 aromatic heterocycles. The van der Waals surface area contributed by atoms with Crippen molar-refractivity contribution in [1.82, 2.24) is 19.7 Å². The quantitative estimate of drug-likeness (QED) is 0.579. The van der Waals surface area contributed by atoms with Gasteiger partial charge >= 0.3 is 0 Å². The number of nitrogens with one attached hydrogen (secondary N) is 1. The molecule has 1 saturated heterocycles. The van der Waals surface area contributed by atoms with Gasteiger partial charge in [0.25, 0.3) is 0 Å². The van der Waals surface area contributed by atoms with Crippen LogP contribution in [0.2, 0.25) is 0 Å². The molecule has 0 radical (unpaired) electrons. The molecule has 4 rings (SSSR count). The summed E-state index contributed by atoms with van der Waals surface area (Å²) in [6.07, 6.45) is 2.47. The van der Waals surface area contributed by atoms with E-state index in [-0.39, 0.29) is 11.7 Å². The fourth-order valence-electron chi connectivity index (χ4n) is 3.85. The summed E-state index contributed by atoms with van der Waals surface area (Å²) in [5.41, 5.74) is 4.12. The summed E-state index contributed by atoms with van der Waals surface area (Å²) in [5, 5.41) is 12.6. The Morgan fingerprint density at radius 2 is 1.73 bits per heavy atom. The summed E-state index contributed by atoms with van der Waals surface area (Å²) in [6.45, 7) is 7.03. The molecule has 0 spiro atoms. The SMILES string of the molecule is Cc1cc(C)cc(NC(=O)CSc2nnc(CN3CCCC3)n2-c2ccccc2)c1. The van der Waals surface area contributed by atoms with Crippen molar-refractivity contribution >= 4 is 23.4 Å². The molecular weight excluding hydrogens is 394 g/mol. The van der Waals surface area contributed by atoms with Crippen molar-refractivity contribution in [3.8, 4) is 5.69 Å². The number of rotatable bonds is 7. The van der Waals surface area contributed by atoms with Gasteiger partial charge in [-0.1, -0.05) is 36.0 Å². The molecule has 1 aliphatic heterocycles. The maximum absolute atomic E-state index is 12.5. The minimum atomic E-state index is -0.0475. The van der Waals surface area contributed by atoms with Crippen LogP contribution in [0.4, 0.5) is 5.69 Å². The van der Waals surface area contributed by atoms with Crippen LogP contribution in [0.15, 0.2) is 53.7 Å². The molecule has 0 unspecified atom stereocenters. The average Bonchev–Trinajstić information content (AvgIpc) is 3.36. The number of hydrogen-bond donors (Lipinski definition) is 1. The van der Waals surface area contributed by atoms with Crippen LogP contribution in [-0.4, -0.2) is 44.4 Å². The van der Waals surface area contributed by atoms with E-state index in [0.29, 0.717) is 0 Å². The van der Waals surface area contributed by atoms with Crippen molar-refractivity contribution in [3.63, 3.8) is 0 Å². The molecule has 0 aliphatic carbocycles. The Hall–Kier alpha value is -2.64. The molecule has 0 saturated carbocycles. The topological polar surface area (TPSA) is 63.1 Å². The van der Waals surface area contributed by atoms with Crippen molar-refractivity contribution in [2.24, 2.45) is 0 Å². The van der Waals surface area contributed by atoms with Gasteiger partial charge < -0.3 is 5.32 Å². The summed E-state index contributed by atoms with van der Waals surface area (Å²) < 4.78 is 2.08. The molecule has 6 nitrogen and oxygen atoms in total. The number of hydrogen-bond acceptors (Lipinski definition) is 5. The standard InChI is InChI=1S/C23H27N5OS/c1-17-12-18(2)14-19(13-17)24-22(29)16-30-23-26-25-21(15-27-10-6-7-11-27)28(23)20-8-4-3-5-9-20/h3-5,8-9,12-14H,6-7,10-11,15-16H2,1-2H3,(H,24,29). The van der Waals surface area contributed by atoms with Crippen LogP contribution >= 0.6 is 11.8 Å². The van der Waals surface area contributed by atoms with Gasteiger partial charge in [-0.3, -0.25) is 14.3 Å². The second kappa shape index (κ2) is 9.45. The zero-order valence-corrected chi connectivity index (χ0v) is 18.3. The number of carbonyl (C=O) groups excluding carboxylic acids is 1. The molecule has 1 N–H and O–H groups in total. The lowest BCUT2D eigenvalue weighted by Gasteiger charge is -2.16. The molecule has 0 atom stereocenters. The van der Waals surface area contributed by atoms with Crippen molar-refractivity contribution in [1.29, 1.82) is 0 Å². The van der Waals surface area contributed by atoms with Gasteiger partial charge in [-0.2, -0.15) is 0 Å². The number of carbonyl (C=O) groups is 1. The number of anilines is 1. The third-order valence-electron chi connectivity index (χ3n) is 5.12. The van der Waals surface area contributed by atoms with E-state index in [1.807, 2.05) is 44.2 Å². The van der Waals surface area contributed by atoms with Crippen molar-refractivity contribution in [3.05, 3.63) is 65.5 Å². The van der Waals surface area contributed by atoms with E-state index in [1.165, 1.54) is 24.6 Å². The maximum atomic E-state index is 12.5. The molecule has 7 heteroatoms. The van der Waals surface area contributed by atoms with Gasteiger partial charge in [-0.15, -0.1) is 10.2 Å². The molecule has 0 bridgehead atoms. The van der Waals surface area contributed by atoms with Crippen LogP contribution in [0.1, 0.15) is 29.8 Å². The lowest BCUT2D eigenvalue weighted by Crippen LogP contribution is -2.21. The van der Waals surface area contributed by atoms with Gasteiger partial charge in [-0.05, 0) is 75.2 Å². The summed E-state index contributed by atoms with van der Waals surface area (Å²) >= 11 is 1.42. The van der Waals surface area contributed by atoms with Gasteiger partial charge in [0, 0.05) is 11.4 Å². The number of para-hydroxylation sites is 1. The average molecular weight is 422 g/mol. The highest BCUT2D eigenvalue weighted by Gasteiger charge is 2.20. The van der Waals surface area contributed by atoms with E-state index in [0.717, 1.165) is 53.1 Å². The van der Waals surface area contributed by atoms with Gasteiger partial charge in [0.2, 0.25) is 5.91 Å². The van der Waals surface area contributed by atoms with E-state index in [9.17, 15) is 4.79 Å². The zero-order valence-electron chi connectivity index (χ0n) is 17.5. The van der Waals surface area contributed by atoms with E-state index in [4.69, 9.17) is 0 Å². The smallest absolute Gasteiger partial charge is 0.234 e. The minimum Gasteiger partial charge on any atom is -0.325 e. The fourth-order valence-corrected chi connectivity index (χ4v) is 4.62. The second-order valence-corrected chi connectivity index (χ2v) is 8.71. The Morgan fingerprint density at radius 1 is 1.03 bits per heavy atom. The number of amides is 1. The first-order valence-corrected chi connectivity index (χ1v) is 11.3. The Bertz CT molecular complexity index is 991. The Morgan fingerprint density at radius 3 is 2.43 bits per heavy atom. The zero-order chi connectivity index (χ0) is 20.9. The lowest BCUT2D eigenvalue weighted by molar-refractivity contribution is -0.113. The van der Waals surface area contributed by atoms with Gasteiger partial charge in [0.1, 0.15) is 0 Å². The van der Waals surface area contributed by atoms with Crippen LogP contribution < -0.4 is 5.32 Å². The maximum Gasteiger partial charge on any atom is 0.234 e. The molecular formula is C23H27N5OS. The predicted molar refractivity (Wildman–Crippen MR) is 121 cm³/mol. The normalized spacial score (nSPS) is 14.2. The number of nitrogens with zero attached hydrogens (tertiary/aromatic N) is 4. The van der Waals surface area contributed by atoms with Crippen LogP contribution in [0.3, 0.4) is 0 Å². The van der Waals surface area contributed by atoms with Crippen LogP contribution in [0.25, 0.3) is 5.69 Å². The molecule has 1 aliphatic rings. The van der Waals surface area contributed by atoms with E-state index < -0.39 is 0 Å². The van der Waals surface area contributed by atoms with Crippen molar-refractivity contribution < 1.29 is 4.79 Å². The number of aromatic nitrogens is 3. The highest BCUT2D eigenvalue weighted by Crippen LogP contribution is 2.24. The number of thioether (sulfide) groups is 1. The highest BCUT2D eigenvalue weighted by atomic mass is 32.2. The first kappa shape index (κ1) is 20.6. The number of benzene rings is 2. The van der Waals surface area contributed by atoms with Gasteiger partial charge in [0.05, 0.1) is 12.3 Å². The van der Waals surface area contributed by atoms with E-state index in [2.05, 4.69) is 43.2 Å². The number of aryl methyl sites for hydroxylation is 2. The Balaban J connectivity index is 1.49. The van der Waals surface area contributed by atoms with E-state index >= 15 is 0 Å². The molecule has 2 heterocycles. The molecule has 30 heavy (non-hydrogen) atoms. The molecule has 156 valence electrons. The van der Waals surface area contributed by atoms with Crippen molar-refractivity contribution in [2.75, 3.05) is 24.2 Å². The first-order chi connectivity index (χ1) is 14.6. The fraction of sp³-hybridized carbons (Fsp3) is 0.348. The number of likely N-dealkylation sites (tertiary alicyclic amines) is 1. The third kappa shape index (κ3) is 5.09. The van der Waals surface area contributed by atoms with Gasteiger partial charge in [-0.25, -0.2) is 0 Å². The highest BCUT2D eigenvalue weighted by molar-refractivity contribution is 7.99. The lowest BCUT2D eigenvalue weighted by atomic mass is 10.1. The summed E-state index contributed by atoms with van der Waals surface area (Å²) in [7, 11) is 0. The molecule has 2 aromatic carbocycles. The Kier molecular flexibility index (Phi) is 6.50. The summed E-state index contributed by atoms with van der Waals surface area (Å²) in [5.74, 6) is 1.15. The minimum absolute atomic E-state index is 0.0475. The summed E-state index contributed by atoms with van der Waals surface area (Å²) in [6, 6.07) is 16.2. The monoisotopic (exact) mass is 421 g/mol.